The molecule has 0 unspecified atom stereocenters. The number of methoxy groups -OCH3 is 1. The van der Waals surface area contributed by atoms with Gasteiger partial charge in [-0.15, -0.1) is 0 Å². The van der Waals surface area contributed by atoms with Gasteiger partial charge in [-0.25, -0.2) is 0 Å². The lowest BCUT2D eigenvalue weighted by Gasteiger charge is -2.04. The van der Waals surface area contributed by atoms with Crippen molar-refractivity contribution in [2.24, 2.45) is 0 Å². The van der Waals surface area contributed by atoms with Crippen LogP contribution in [0.3, 0.4) is 0 Å². The van der Waals surface area contributed by atoms with Crippen molar-refractivity contribution in [2.45, 2.75) is 0 Å². The number of benzene rings is 2. The summed E-state index contributed by atoms with van der Waals surface area (Å²) in [5.74, 6) is 0.639. The largest absolute Gasteiger partial charge is 0.497 e. The molecule has 3 aromatic rings. The number of carbonyl (C=O) groups is 1. The number of hydrogen-bond donors (Lipinski definition) is 2. The van der Waals surface area contributed by atoms with Crippen molar-refractivity contribution in [2.75, 3.05) is 12.8 Å². The maximum Gasteiger partial charge on any atom is 0.195 e. The highest BCUT2D eigenvalue weighted by molar-refractivity contribution is 9.10. The summed E-state index contributed by atoms with van der Waals surface area (Å²) in [6.45, 7) is 0. The minimum atomic E-state index is -0.0753. The summed E-state index contributed by atoms with van der Waals surface area (Å²) >= 11 is 3.33. The zero-order valence-electron chi connectivity index (χ0n) is 11.3. The van der Waals surface area contributed by atoms with E-state index in [-0.39, 0.29) is 5.78 Å². The predicted octanol–water partition coefficient (Wildman–Crippen LogP) is 3.75. The Kier molecular flexibility index (Phi) is 3.43. The van der Waals surface area contributed by atoms with Gasteiger partial charge in [0.2, 0.25) is 0 Å². The summed E-state index contributed by atoms with van der Waals surface area (Å²) in [6.07, 6.45) is 1.71. The third-order valence-electron chi connectivity index (χ3n) is 3.39. The molecular weight excluding hydrogens is 332 g/mol. The SMILES string of the molecule is COc1ccc2[nH]cc(C(=O)c3ccc(Br)c(N)c3)c2c1. The Labute approximate surface area is 130 Å². The number of halogens is 1. The number of carbonyl (C=O) groups excluding carboxylic acids is 1. The van der Waals surface area contributed by atoms with Crippen molar-refractivity contribution in [3.05, 3.63) is 58.2 Å². The third-order valence-corrected chi connectivity index (χ3v) is 4.11. The van der Waals surface area contributed by atoms with Crippen molar-refractivity contribution in [1.82, 2.24) is 4.98 Å². The number of nitrogens with two attached hydrogens (primary N) is 1. The van der Waals surface area contributed by atoms with E-state index in [1.54, 1.807) is 31.5 Å². The molecule has 1 heterocycles. The maximum absolute atomic E-state index is 12.7. The number of fused-ring (bicyclic) bond motifs is 1. The number of H-pyrrole nitrogens is 1. The van der Waals surface area contributed by atoms with Crippen LogP contribution in [0.5, 0.6) is 5.75 Å². The summed E-state index contributed by atoms with van der Waals surface area (Å²) in [7, 11) is 1.60. The highest BCUT2D eigenvalue weighted by atomic mass is 79.9. The quantitative estimate of drug-likeness (QED) is 0.561. The highest BCUT2D eigenvalue weighted by Crippen LogP contribution is 2.27. The second kappa shape index (κ2) is 5.26. The minimum Gasteiger partial charge on any atom is -0.497 e. The average Bonchev–Trinajstić information content (AvgIpc) is 2.92. The van der Waals surface area contributed by atoms with Crippen LogP contribution < -0.4 is 10.5 Å². The first-order valence-corrected chi connectivity index (χ1v) is 7.14. The summed E-state index contributed by atoms with van der Waals surface area (Å²) < 4.78 is 5.99. The zero-order valence-corrected chi connectivity index (χ0v) is 12.9. The molecule has 0 aliphatic carbocycles. The standard InChI is InChI=1S/C16H13BrN2O2/c1-21-10-3-5-15-11(7-10)12(8-19-15)16(20)9-2-4-13(17)14(18)6-9/h2-8,19H,18H2,1H3. The molecule has 21 heavy (non-hydrogen) atoms. The van der Waals surface area contributed by atoms with Gasteiger partial charge in [-0.05, 0) is 52.3 Å². The van der Waals surface area contributed by atoms with Crippen LogP contribution in [0.4, 0.5) is 5.69 Å². The van der Waals surface area contributed by atoms with Gasteiger partial charge in [-0.2, -0.15) is 0 Å². The second-order valence-corrected chi connectivity index (χ2v) is 5.53. The molecule has 0 radical (unpaired) electrons. The van der Waals surface area contributed by atoms with E-state index in [1.807, 2.05) is 18.2 Å². The molecule has 3 N–H and O–H groups in total. The zero-order chi connectivity index (χ0) is 15.0. The van der Waals surface area contributed by atoms with Crippen molar-refractivity contribution in [3.8, 4) is 5.75 Å². The van der Waals surface area contributed by atoms with E-state index in [0.29, 0.717) is 22.6 Å². The van der Waals surface area contributed by atoms with Gasteiger partial charge < -0.3 is 15.5 Å². The summed E-state index contributed by atoms with van der Waals surface area (Å²) in [6, 6.07) is 10.8. The number of hydrogen-bond acceptors (Lipinski definition) is 3. The molecule has 2 aromatic carbocycles. The van der Waals surface area contributed by atoms with Gasteiger partial charge in [-0.1, -0.05) is 0 Å². The molecule has 0 saturated heterocycles. The summed E-state index contributed by atoms with van der Waals surface area (Å²) in [4.78, 5) is 15.8. The van der Waals surface area contributed by atoms with Crippen LogP contribution in [0.15, 0.2) is 47.1 Å². The molecule has 5 heteroatoms. The van der Waals surface area contributed by atoms with Crippen LogP contribution in [0, 0.1) is 0 Å². The fourth-order valence-corrected chi connectivity index (χ4v) is 2.50. The Morgan fingerprint density at radius 2 is 2.05 bits per heavy atom. The Bertz CT molecular complexity index is 839. The Morgan fingerprint density at radius 3 is 2.76 bits per heavy atom. The molecule has 0 spiro atoms. The average molecular weight is 345 g/mol. The number of ether oxygens (including phenoxy) is 1. The molecule has 0 aliphatic rings. The van der Waals surface area contributed by atoms with E-state index in [4.69, 9.17) is 10.5 Å². The van der Waals surface area contributed by atoms with E-state index < -0.39 is 0 Å². The lowest BCUT2D eigenvalue weighted by Crippen LogP contribution is -2.01. The number of nitrogens with one attached hydrogen (secondary N) is 1. The second-order valence-electron chi connectivity index (χ2n) is 4.68. The summed E-state index contributed by atoms with van der Waals surface area (Å²) in [5.41, 5.74) is 8.43. The number of nitrogen functional groups attached to an aromatic ring is 1. The molecule has 4 nitrogen and oxygen atoms in total. The van der Waals surface area contributed by atoms with Gasteiger partial charge in [0, 0.05) is 38.4 Å². The normalized spacial score (nSPS) is 10.8. The smallest absolute Gasteiger partial charge is 0.195 e. The fraction of sp³-hybridized carbons (Fsp3) is 0.0625. The van der Waals surface area contributed by atoms with E-state index in [9.17, 15) is 4.79 Å². The van der Waals surface area contributed by atoms with Crippen LogP contribution in [-0.4, -0.2) is 17.9 Å². The van der Waals surface area contributed by atoms with E-state index in [2.05, 4.69) is 20.9 Å². The van der Waals surface area contributed by atoms with Crippen LogP contribution in [0.25, 0.3) is 10.9 Å². The number of rotatable bonds is 3. The molecule has 0 atom stereocenters. The maximum atomic E-state index is 12.7. The van der Waals surface area contributed by atoms with Gasteiger partial charge in [0.15, 0.2) is 5.78 Å². The number of anilines is 1. The first-order chi connectivity index (χ1) is 10.1. The predicted molar refractivity (Wildman–Crippen MR) is 86.8 cm³/mol. The van der Waals surface area contributed by atoms with Gasteiger partial charge in [0.25, 0.3) is 0 Å². The monoisotopic (exact) mass is 344 g/mol. The summed E-state index contributed by atoms with van der Waals surface area (Å²) in [5, 5.41) is 0.834. The molecule has 0 aliphatic heterocycles. The van der Waals surface area contributed by atoms with E-state index in [0.717, 1.165) is 15.4 Å². The first kappa shape index (κ1) is 13.7. The lowest BCUT2D eigenvalue weighted by molar-refractivity contribution is 0.104. The number of ketones is 1. The van der Waals surface area contributed by atoms with Crippen molar-refractivity contribution in [3.63, 3.8) is 0 Å². The van der Waals surface area contributed by atoms with Crippen LogP contribution in [0.2, 0.25) is 0 Å². The van der Waals surface area contributed by atoms with E-state index >= 15 is 0 Å². The molecule has 0 fully saturated rings. The Balaban J connectivity index is 2.10. The van der Waals surface area contributed by atoms with Crippen molar-refractivity contribution >= 4 is 38.3 Å². The fourth-order valence-electron chi connectivity index (χ4n) is 2.26. The Hall–Kier alpha value is -2.27. The molecular formula is C16H13BrN2O2. The topological polar surface area (TPSA) is 68.1 Å². The molecule has 106 valence electrons. The van der Waals surface area contributed by atoms with Crippen molar-refractivity contribution < 1.29 is 9.53 Å². The molecule has 0 bridgehead atoms. The Morgan fingerprint density at radius 1 is 1.24 bits per heavy atom. The van der Waals surface area contributed by atoms with Crippen molar-refractivity contribution in [1.29, 1.82) is 0 Å². The van der Waals surface area contributed by atoms with Gasteiger partial charge >= 0.3 is 0 Å². The minimum absolute atomic E-state index is 0.0753. The first-order valence-electron chi connectivity index (χ1n) is 6.35. The van der Waals surface area contributed by atoms with Gasteiger partial charge in [-0.3, -0.25) is 4.79 Å². The van der Waals surface area contributed by atoms with Crippen LogP contribution in [-0.2, 0) is 0 Å². The highest BCUT2D eigenvalue weighted by Gasteiger charge is 2.15. The van der Waals surface area contributed by atoms with Crippen LogP contribution >= 0.6 is 15.9 Å². The van der Waals surface area contributed by atoms with E-state index in [1.165, 1.54) is 0 Å². The molecule has 0 saturated carbocycles. The molecule has 1 aromatic heterocycles. The van der Waals surface area contributed by atoms with Gasteiger partial charge in [0.05, 0.1) is 7.11 Å². The van der Waals surface area contributed by atoms with Gasteiger partial charge in [0.1, 0.15) is 5.75 Å². The third kappa shape index (κ3) is 2.40. The lowest BCUT2D eigenvalue weighted by atomic mass is 10.0. The number of aromatic nitrogens is 1. The molecule has 3 rings (SSSR count). The number of aromatic amines is 1. The van der Waals surface area contributed by atoms with Crippen LogP contribution in [0.1, 0.15) is 15.9 Å². The molecule has 0 amide bonds.